The predicted octanol–water partition coefficient (Wildman–Crippen LogP) is -0.128. The van der Waals surface area contributed by atoms with Gasteiger partial charge >= 0.3 is 0 Å². The van der Waals surface area contributed by atoms with Gasteiger partial charge < -0.3 is 14.3 Å². The average Bonchev–Trinajstić information content (AvgIpc) is 1.21. The van der Waals surface area contributed by atoms with E-state index in [2.05, 4.69) is 4.52 Å². The molecule has 0 aliphatic heterocycles. The molecule has 1 unspecified atom stereocenters. The van der Waals surface area contributed by atoms with Crippen LogP contribution in [0.15, 0.2) is 0 Å². The zero-order valence-corrected chi connectivity index (χ0v) is 5.59. The van der Waals surface area contributed by atoms with Crippen LogP contribution in [-0.2, 0) is 9.09 Å². The van der Waals surface area contributed by atoms with Gasteiger partial charge in [-0.25, -0.2) is 0 Å². The van der Waals surface area contributed by atoms with Gasteiger partial charge in [-0.05, 0) is 13.8 Å². The normalized spacial score (nSPS) is 18.6. The van der Waals surface area contributed by atoms with Gasteiger partial charge in [-0.2, -0.15) is 0 Å². The van der Waals surface area contributed by atoms with Crippen molar-refractivity contribution in [2.24, 2.45) is 0 Å². The maximum Gasteiger partial charge on any atom is 0.265 e. The molecule has 50 valence electrons. The van der Waals surface area contributed by atoms with Crippen molar-refractivity contribution in [3.8, 4) is 0 Å². The molecule has 0 saturated heterocycles. The van der Waals surface area contributed by atoms with Crippen LogP contribution in [0.4, 0.5) is 0 Å². The second kappa shape index (κ2) is 2.60. The topological polar surface area (TPSA) is 69.6 Å². The van der Waals surface area contributed by atoms with E-state index in [-0.39, 0.29) is 0 Å². The summed E-state index contributed by atoms with van der Waals surface area (Å²) in [6, 6.07) is 0. The Morgan fingerprint density at radius 3 is 2.12 bits per heavy atom. The molecular weight excluding hydrogens is 131 g/mol. The maximum atomic E-state index is 9.80. The van der Waals surface area contributed by atoms with Crippen LogP contribution in [-0.4, -0.2) is 11.0 Å². The first kappa shape index (κ1) is 8.11. The third-order valence-corrected chi connectivity index (χ3v) is 1.03. The Hall–Kier alpha value is 0.110. The summed E-state index contributed by atoms with van der Waals surface area (Å²) in [5.41, 5.74) is 0. The Morgan fingerprint density at radius 2 is 2.12 bits per heavy atom. The van der Waals surface area contributed by atoms with Crippen LogP contribution in [0.1, 0.15) is 13.8 Å². The van der Waals surface area contributed by atoms with Crippen molar-refractivity contribution in [2.75, 3.05) is 0 Å². The van der Waals surface area contributed by atoms with Gasteiger partial charge in [0.15, 0.2) is 0 Å². The van der Waals surface area contributed by atoms with Crippen molar-refractivity contribution < 1.29 is 18.9 Å². The largest absolute Gasteiger partial charge is 0.756 e. The first-order chi connectivity index (χ1) is 3.42. The first-order valence-electron chi connectivity index (χ1n) is 2.14. The molecule has 0 aromatic carbocycles. The lowest BCUT2D eigenvalue weighted by Gasteiger charge is -2.17. The van der Waals surface area contributed by atoms with Crippen molar-refractivity contribution in [1.82, 2.24) is 0 Å². The highest BCUT2D eigenvalue weighted by Gasteiger charge is 2.02. The van der Waals surface area contributed by atoms with Gasteiger partial charge in [0, 0.05) is 0 Å². The zero-order valence-electron chi connectivity index (χ0n) is 4.70. The summed E-state index contributed by atoms with van der Waals surface area (Å²) in [4.78, 5) is 17.8. The molecule has 0 aliphatic carbocycles. The zero-order chi connectivity index (χ0) is 6.78. The summed E-state index contributed by atoms with van der Waals surface area (Å²) in [5.74, 6) is 0. The van der Waals surface area contributed by atoms with E-state index in [1.807, 2.05) is 0 Å². The van der Waals surface area contributed by atoms with Crippen molar-refractivity contribution >= 4 is 7.82 Å². The third kappa shape index (κ3) is 6.11. The quantitative estimate of drug-likeness (QED) is 0.541. The molecule has 0 heterocycles. The second-order valence-electron chi connectivity index (χ2n) is 1.62. The van der Waals surface area contributed by atoms with Crippen LogP contribution in [0, 0.1) is 0 Å². The summed E-state index contributed by atoms with van der Waals surface area (Å²) in [6.07, 6.45) is -0.483. The molecular formula is C3H8O4P-. The maximum absolute atomic E-state index is 9.80. The average molecular weight is 139 g/mol. The van der Waals surface area contributed by atoms with Crippen LogP contribution >= 0.6 is 7.82 Å². The fourth-order valence-corrected chi connectivity index (χ4v) is 0.799. The number of phosphoric acid groups is 1. The molecule has 5 heteroatoms. The monoisotopic (exact) mass is 139 g/mol. The van der Waals surface area contributed by atoms with E-state index in [0.29, 0.717) is 0 Å². The summed E-state index contributed by atoms with van der Waals surface area (Å²) in [7, 11) is -4.47. The van der Waals surface area contributed by atoms with E-state index in [4.69, 9.17) is 4.89 Å². The summed E-state index contributed by atoms with van der Waals surface area (Å²) in [6.45, 7) is 3.03. The molecule has 0 aromatic heterocycles. The lowest BCUT2D eigenvalue weighted by atomic mass is 10.5. The van der Waals surface area contributed by atoms with Crippen LogP contribution in [0.2, 0.25) is 0 Å². The molecule has 0 aromatic rings. The third-order valence-electron chi connectivity index (χ3n) is 0.344. The number of hydrogen-bond acceptors (Lipinski definition) is 3. The van der Waals surface area contributed by atoms with Crippen LogP contribution in [0.3, 0.4) is 0 Å². The van der Waals surface area contributed by atoms with Gasteiger partial charge in [0.05, 0.1) is 6.10 Å². The van der Waals surface area contributed by atoms with Crippen molar-refractivity contribution in [1.29, 1.82) is 0 Å². The van der Waals surface area contributed by atoms with Crippen LogP contribution < -0.4 is 4.89 Å². The Kier molecular flexibility index (Phi) is 2.63. The van der Waals surface area contributed by atoms with Crippen LogP contribution in [0.25, 0.3) is 0 Å². The SMILES string of the molecule is CC(C)OP(=O)([O-])O. The molecule has 0 spiro atoms. The lowest BCUT2D eigenvalue weighted by molar-refractivity contribution is -0.222. The summed E-state index contributed by atoms with van der Waals surface area (Å²) in [5, 5.41) is 0. The highest BCUT2D eigenvalue weighted by atomic mass is 31.2. The van der Waals surface area contributed by atoms with Crippen molar-refractivity contribution in [3.63, 3.8) is 0 Å². The fourth-order valence-electron chi connectivity index (χ4n) is 0.266. The fraction of sp³-hybridized carbons (Fsp3) is 1.00. The minimum atomic E-state index is -4.47. The van der Waals surface area contributed by atoms with E-state index >= 15 is 0 Å². The molecule has 8 heavy (non-hydrogen) atoms. The molecule has 0 rings (SSSR count). The highest BCUT2D eigenvalue weighted by molar-refractivity contribution is 7.44. The van der Waals surface area contributed by atoms with Gasteiger partial charge in [-0.1, -0.05) is 0 Å². The van der Waals surface area contributed by atoms with Crippen molar-refractivity contribution in [2.45, 2.75) is 20.0 Å². The molecule has 0 saturated carbocycles. The van der Waals surface area contributed by atoms with Gasteiger partial charge in [-0.15, -0.1) is 0 Å². The molecule has 4 nitrogen and oxygen atoms in total. The standard InChI is InChI=1S/C3H9O4P/c1-3(2)7-8(4,5)6/h3H,1-2H3,(H2,4,5,6)/p-1. The smallest absolute Gasteiger partial charge is 0.265 e. The predicted molar refractivity (Wildman–Crippen MR) is 26.0 cm³/mol. The second-order valence-corrected chi connectivity index (χ2v) is 2.77. The van der Waals surface area contributed by atoms with Crippen molar-refractivity contribution in [3.05, 3.63) is 0 Å². The minimum absolute atomic E-state index is 0.483. The van der Waals surface area contributed by atoms with E-state index < -0.39 is 13.9 Å². The van der Waals surface area contributed by atoms with E-state index in [1.54, 1.807) is 0 Å². The van der Waals surface area contributed by atoms with E-state index in [1.165, 1.54) is 13.8 Å². The highest BCUT2D eigenvalue weighted by Crippen LogP contribution is 2.31. The Balaban J connectivity index is 3.56. The number of phosphoric ester groups is 1. The van der Waals surface area contributed by atoms with Gasteiger partial charge in [-0.3, -0.25) is 4.57 Å². The Morgan fingerprint density at radius 1 is 1.75 bits per heavy atom. The number of hydrogen-bond donors (Lipinski definition) is 1. The molecule has 0 amide bonds. The Labute approximate surface area is 47.7 Å². The summed E-state index contributed by atoms with van der Waals surface area (Å²) < 4.78 is 13.8. The number of rotatable bonds is 2. The van der Waals surface area contributed by atoms with E-state index in [9.17, 15) is 9.46 Å². The van der Waals surface area contributed by atoms with Gasteiger partial charge in [0.2, 0.25) is 0 Å². The first-order valence-corrected chi connectivity index (χ1v) is 3.63. The summed E-state index contributed by atoms with van der Waals surface area (Å²) >= 11 is 0. The molecule has 0 radical (unpaired) electrons. The lowest BCUT2D eigenvalue weighted by Crippen LogP contribution is -2.08. The molecule has 0 aliphatic rings. The molecule has 0 fully saturated rings. The van der Waals surface area contributed by atoms with Gasteiger partial charge in [0.1, 0.15) is 0 Å². The molecule has 1 atom stereocenters. The minimum Gasteiger partial charge on any atom is -0.756 e. The van der Waals surface area contributed by atoms with E-state index in [0.717, 1.165) is 0 Å². The van der Waals surface area contributed by atoms with Crippen LogP contribution in [0.5, 0.6) is 0 Å². The molecule has 1 N–H and O–H groups in total. The van der Waals surface area contributed by atoms with Gasteiger partial charge in [0.25, 0.3) is 7.82 Å². The molecule has 0 bridgehead atoms. The Bertz CT molecular complexity index is 104.